The number of methoxy groups -OCH3 is 1. The second kappa shape index (κ2) is 3.60. The van der Waals surface area contributed by atoms with Gasteiger partial charge < -0.3 is 9.84 Å². The molecule has 5 heteroatoms. The first kappa shape index (κ1) is 9.78. The number of hydrogen-bond acceptors (Lipinski definition) is 2. The van der Waals surface area contributed by atoms with Crippen molar-refractivity contribution in [2.24, 2.45) is 0 Å². The molecule has 0 spiro atoms. The summed E-state index contributed by atoms with van der Waals surface area (Å²) < 4.78 is 4.85. The lowest BCUT2D eigenvalue weighted by Gasteiger charge is -2.06. The summed E-state index contributed by atoms with van der Waals surface area (Å²) in [6, 6.07) is 1.39. The summed E-state index contributed by atoms with van der Waals surface area (Å²) in [6.07, 6.45) is 0. The van der Waals surface area contributed by atoms with Crippen molar-refractivity contribution in [3.8, 4) is 11.5 Å². The number of phenols is 1. The zero-order chi connectivity index (χ0) is 9.30. The third kappa shape index (κ3) is 1.56. The number of aromatic hydroxyl groups is 1. The molecule has 1 aromatic carbocycles. The lowest BCUT2D eigenvalue weighted by atomic mass is 10.3. The van der Waals surface area contributed by atoms with E-state index in [0.29, 0.717) is 5.75 Å². The van der Waals surface area contributed by atoms with E-state index in [-0.39, 0.29) is 20.8 Å². The molecule has 0 radical (unpaired) electrons. The maximum Gasteiger partial charge on any atom is 0.154 e. The molecule has 66 valence electrons. The van der Waals surface area contributed by atoms with Gasteiger partial charge in [0.15, 0.2) is 5.75 Å². The van der Waals surface area contributed by atoms with Gasteiger partial charge in [0.2, 0.25) is 0 Å². The maximum absolute atomic E-state index is 9.20. The molecule has 0 fully saturated rings. The number of rotatable bonds is 1. The molecular formula is C7H5Cl3O2. The highest BCUT2D eigenvalue weighted by Crippen LogP contribution is 2.42. The summed E-state index contributed by atoms with van der Waals surface area (Å²) >= 11 is 16.9. The van der Waals surface area contributed by atoms with E-state index in [4.69, 9.17) is 39.5 Å². The Labute approximate surface area is 84.6 Å². The van der Waals surface area contributed by atoms with Gasteiger partial charge in [-0.3, -0.25) is 0 Å². The summed E-state index contributed by atoms with van der Waals surface area (Å²) in [4.78, 5) is 0. The molecule has 0 heterocycles. The molecule has 0 aliphatic carbocycles. The first-order chi connectivity index (χ1) is 5.57. The monoisotopic (exact) mass is 226 g/mol. The van der Waals surface area contributed by atoms with Crippen molar-refractivity contribution in [1.82, 2.24) is 0 Å². The van der Waals surface area contributed by atoms with Crippen LogP contribution in [-0.4, -0.2) is 12.2 Å². The molecule has 12 heavy (non-hydrogen) atoms. The topological polar surface area (TPSA) is 29.5 Å². The predicted molar refractivity (Wildman–Crippen MR) is 49.7 cm³/mol. The number of hydrogen-bond donors (Lipinski definition) is 1. The van der Waals surface area contributed by atoms with Crippen LogP contribution in [0.3, 0.4) is 0 Å². The van der Waals surface area contributed by atoms with Crippen molar-refractivity contribution in [2.45, 2.75) is 0 Å². The molecule has 0 atom stereocenters. The standard InChI is InChI=1S/C7H5Cl3O2/c1-12-4-2-3(8)7(11)6(10)5(4)9/h2,11H,1H3. The van der Waals surface area contributed by atoms with E-state index in [0.717, 1.165) is 0 Å². The van der Waals surface area contributed by atoms with Gasteiger partial charge in [-0.1, -0.05) is 34.8 Å². The first-order valence-electron chi connectivity index (χ1n) is 2.98. The van der Waals surface area contributed by atoms with Crippen LogP contribution in [0.5, 0.6) is 11.5 Å². The number of phenolic OH excluding ortho intramolecular Hbond substituents is 1. The van der Waals surface area contributed by atoms with E-state index in [2.05, 4.69) is 0 Å². The van der Waals surface area contributed by atoms with Crippen LogP contribution < -0.4 is 4.74 Å². The molecule has 2 nitrogen and oxygen atoms in total. The lowest BCUT2D eigenvalue weighted by Crippen LogP contribution is -1.85. The van der Waals surface area contributed by atoms with Gasteiger partial charge in [0.1, 0.15) is 15.8 Å². The Kier molecular flexibility index (Phi) is 2.94. The Morgan fingerprint density at radius 1 is 1.25 bits per heavy atom. The fourth-order valence-electron chi connectivity index (χ4n) is 0.712. The van der Waals surface area contributed by atoms with Crippen LogP contribution in [0.15, 0.2) is 6.07 Å². The van der Waals surface area contributed by atoms with Crippen LogP contribution in [0.25, 0.3) is 0 Å². The molecule has 1 N–H and O–H groups in total. The van der Waals surface area contributed by atoms with Crippen molar-refractivity contribution >= 4 is 34.8 Å². The molecule has 1 aromatic rings. The highest BCUT2D eigenvalue weighted by atomic mass is 35.5. The molecule has 0 aliphatic heterocycles. The van der Waals surface area contributed by atoms with Crippen molar-refractivity contribution in [1.29, 1.82) is 0 Å². The average Bonchev–Trinajstić information content (AvgIpc) is 2.08. The van der Waals surface area contributed by atoms with Gasteiger partial charge in [0.05, 0.1) is 12.1 Å². The zero-order valence-electron chi connectivity index (χ0n) is 6.07. The van der Waals surface area contributed by atoms with E-state index in [9.17, 15) is 5.11 Å². The maximum atomic E-state index is 9.20. The molecule has 1 rings (SSSR count). The summed E-state index contributed by atoms with van der Waals surface area (Å²) in [5.41, 5.74) is 0. The van der Waals surface area contributed by atoms with Crippen molar-refractivity contribution < 1.29 is 9.84 Å². The summed E-state index contributed by atoms with van der Waals surface area (Å²) in [5.74, 6) is 0.105. The zero-order valence-corrected chi connectivity index (χ0v) is 8.33. The Morgan fingerprint density at radius 3 is 2.33 bits per heavy atom. The quantitative estimate of drug-likeness (QED) is 0.746. The highest BCUT2D eigenvalue weighted by Gasteiger charge is 2.13. The normalized spacial score (nSPS) is 10.0. The fraction of sp³-hybridized carbons (Fsp3) is 0.143. The third-order valence-corrected chi connectivity index (χ3v) is 2.45. The van der Waals surface area contributed by atoms with Crippen molar-refractivity contribution in [3.05, 3.63) is 21.1 Å². The van der Waals surface area contributed by atoms with E-state index in [1.165, 1.54) is 13.2 Å². The van der Waals surface area contributed by atoms with Crippen molar-refractivity contribution in [2.75, 3.05) is 7.11 Å². The molecule has 0 aromatic heterocycles. The molecule has 0 bridgehead atoms. The Morgan fingerprint density at radius 2 is 1.83 bits per heavy atom. The number of halogens is 3. The Balaban J connectivity index is 3.39. The second-order valence-corrected chi connectivity index (χ2v) is 3.20. The molecular weight excluding hydrogens is 222 g/mol. The summed E-state index contributed by atoms with van der Waals surface area (Å²) in [5, 5.41) is 9.47. The van der Waals surface area contributed by atoms with Crippen molar-refractivity contribution in [3.63, 3.8) is 0 Å². The minimum absolute atomic E-state index is 0.000941. The third-order valence-electron chi connectivity index (χ3n) is 1.32. The van der Waals surface area contributed by atoms with E-state index in [1.54, 1.807) is 0 Å². The number of benzene rings is 1. The molecule has 0 saturated heterocycles. The van der Waals surface area contributed by atoms with Gasteiger partial charge in [-0.15, -0.1) is 0 Å². The Hall–Kier alpha value is -0.310. The van der Waals surface area contributed by atoms with Crippen LogP contribution >= 0.6 is 34.8 Å². The van der Waals surface area contributed by atoms with E-state index in [1.807, 2.05) is 0 Å². The van der Waals surface area contributed by atoms with E-state index >= 15 is 0 Å². The van der Waals surface area contributed by atoms with Crippen LogP contribution in [0.4, 0.5) is 0 Å². The molecule has 0 aliphatic rings. The van der Waals surface area contributed by atoms with Crippen LogP contribution in [0, 0.1) is 0 Å². The number of ether oxygens (including phenoxy) is 1. The SMILES string of the molecule is COc1cc(Cl)c(O)c(Cl)c1Cl. The minimum atomic E-state index is -0.232. The fourth-order valence-corrected chi connectivity index (χ4v) is 1.37. The van der Waals surface area contributed by atoms with Gasteiger partial charge in [0, 0.05) is 6.07 Å². The lowest BCUT2D eigenvalue weighted by molar-refractivity contribution is 0.412. The van der Waals surface area contributed by atoms with Gasteiger partial charge in [-0.05, 0) is 0 Å². The van der Waals surface area contributed by atoms with Gasteiger partial charge in [-0.2, -0.15) is 0 Å². The molecule has 0 unspecified atom stereocenters. The molecule has 0 saturated carbocycles. The van der Waals surface area contributed by atoms with E-state index < -0.39 is 0 Å². The largest absolute Gasteiger partial charge is 0.505 e. The molecule has 0 amide bonds. The summed E-state index contributed by atoms with van der Waals surface area (Å²) in [6.45, 7) is 0. The predicted octanol–water partition coefficient (Wildman–Crippen LogP) is 3.36. The summed E-state index contributed by atoms with van der Waals surface area (Å²) in [7, 11) is 1.44. The average molecular weight is 227 g/mol. The van der Waals surface area contributed by atoms with Crippen LogP contribution in [0.1, 0.15) is 0 Å². The Bertz CT molecular complexity index is 312. The van der Waals surface area contributed by atoms with Crippen LogP contribution in [0.2, 0.25) is 15.1 Å². The van der Waals surface area contributed by atoms with Gasteiger partial charge in [-0.25, -0.2) is 0 Å². The van der Waals surface area contributed by atoms with Gasteiger partial charge >= 0.3 is 0 Å². The van der Waals surface area contributed by atoms with Gasteiger partial charge in [0.25, 0.3) is 0 Å². The smallest absolute Gasteiger partial charge is 0.154 e. The van der Waals surface area contributed by atoms with Crippen LogP contribution in [-0.2, 0) is 0 Å². The highest BCUT2D eigenvalue weighted by molar-refractivity contribution is 6.45. The minimum Gasteiger partial charge on any atom is -0.505 e. The first-order valence-corrected chi connectivity index (χ1v) is 4.11. The second-order valence-electron chi connectivity index (χ2n) is 2.04.